The van der Waals surface area contributed by atoms with Crippen LogP contribution in [0.2, 0.25) is 0 Å². The molecule has 3 rings (SSSR count). The van der Waals surface area contributed by atoms with Gasteiger partial charge in [-0.15, -0.1) is 0 Å². The number of rotatable bonds is 6. The molecule has 5 nitrogen and oxygen atoms in total. The highest BCUT2D eigenvalue weighted by Gasteiger charge is 2.15. The number of anilines is 2. The summed E-state index contributed by atoms with van der Waals surface area (Å²) in [6.07, 6.45) is 3.90. The number of nitrogens with zero attached hydrogens (tertiary/aromatic N) is 3. The van der Waals surface area contributed by atoms with Gasteiger partial charge in [0.15, 0.2) is 0 Å². The summed E-state index contributed by atoms with van der Waals surface area (Å²) in [7, 11) is 0. The Balaban J connectivity index is 1.75. The molecule has 130 valence electrons. The van der Waals surface area contributed by atoms with Gasteiger partial charge in [-0.3, -0.25) is 4.68 Å². The maximum atomic E-state index is 9.15. The second-order valence-corrected chi connectivity index (χ2v) is 6.51. The highest BCUT2D eigenvalue weighted by molar-refractivity contribution is 5.70. The molecular weight excluding hydrogens is 300 g/mol. The first-order valence-corrected chi connectivity index (χ1v) is 8.92. The van der Waals surface area contributed by atoms with Gasteiger partial charge in [0.05, 0.1) is 30.2 Å². The van der Waals surface area contributed by atoms with Crippen molar-refractivity contribution >= 4 is 11.4 Å². The van der Waals surface area contributed by atoms with Crippen LogP contribution < -0.4 is 10.2 Å². The van der Waals surface area contributed by atoms with Gasteiger partial charge in [0.25, 0.3) is 0 Å². The molecule has 0 atom stereocenters. The van der Waals surface area contributed by atoms with Crippen molar-refractivity contribution in [3.63, 3.8) is 0 Å². The molecule has 1 saturated heterocycles. The quantitative estimate of drug-likeness (QED) is 0.855. The lowest BCUT2D eigenvalue weighted by Gasteiger charge is -2.30. The van der Waals surface area contributed by atoms with Crippen molar-refractivity contribution in [3.05, 3.63) is 41.2 Å². The molecule has 1 aromatic carbocycles. The topological polar surface area (TPSA) is 53.3 Å². The summed E-state index contributed by atoms with van der Waals surface area (Å²) in [5.41, 5.74) is 5.87. The first-order valence-electron chi connectivity index (χ1n) is 8.92. The Labute approximate surface area is 144 Å². The fraction of sp³-hybridized carbons (Fsp3) is 0.526. The van der Waals surface area contributed by atoms with Crippen LogP contribution in [0.4, 0.5) is 11.4 Å². The van der Waals surface area contributed by atoms with Crippen molar-refractivity contribution in [2.75, 3.05) is 29.9 Å². The van der Waals surface area contributed by atoms with E-state index in [-0.39, 0.29) is 6.61 Å². The Morgan fingerprint density at radius 1 is 1.12 bits per heavy atom. The van der Waals surface area contributed by atoms with Crippen LogP contribution in [0.15, 0.2) is 24.3 Å². The number of aliphatic hydroxyl groups excluding tert-OH is 1. The fourth-order valence-electron chi connectivity index (χ4n) is 3.52. The third-order valence-electron chi connectivity index (χ3n) is 4.90. The van der Waals surface area contributed by atoms with Gasteiger partial charge in [0, 0.05) is 30.9 Å². The number of piperidine rings is 1. The maximum absolute atomic E-state index is 9.15. The molecular formula is C19H28N4O. The van der Waals surface area contributed by atoms with Gasteiger partial charge in [-0.05, 0) is 45.2 Å². The molecule has 0 unspecified atom stereocenters. The average Bonchev–Trinajstić information content (AvgIpc) is 2.88. The number of hydrogen-bond acceptors (Lipinski definition) is 4. The molecule has 1 aromatic heterocycles. The molecule has 1 fully saturated rings. The van der Waals surface area contributed by atoms with Gasteiger partial charge in [0.2, 0.25) is 0 Å². The van der Waals surface area contributed by atoms with Crippen LogP contribution in [0, 0.1) is 13.8 Å². The molecule has 2 aromatic rings. The van der Waals surface area contributed by atoms with E-state index >= 15 is 0 Å². The van der Waals surface area contributed by atoms with E-state index in [0.29, 0.717) is 6.54 Å². The van der Waals surface area contributed by atoms with Crippen LogP contribution in [0.25, 0.3) is 0 Å². The monoisotopic (exact) mass is 328 g/mol. The molecule has 2 heterocycles. The number of para-hydroxylation sites is 2. The van der Waals surface area contributed by atoms with Gasteiger partial charge in [0.1, 0.15) is 0 Å². The minimum absolute atomic E-state index is 0.118. The fourth-order valence-corrected chi connectivity index (χ4v) is 3.52. The van der Waals surface area contributed by atoms with E-state index in [9.17, 15) is 0 Å². The molecule has 0 spiro atoms. The number of aryl methyl sites for hydroxylation is 1. The van der Waals surface area contributed by atoms with Gasteiger partial charge >= 0.3 is 0 Å². The lowest BCUT2D eigenvalue weighted by Crippen LogP contribution is -2.30. The highest BCUT2D eigenvalue weighted by Crippen LogP contribution is 2.29. The van der Waals surface area contributed by atoms with Crippen LogP contribution in [0.1, 0.15) is 36.2 Å². The van der Waals surface area contributed by atoms with E-state index in [2.05, 4.69) is 46.5 Å². The zero-order valence-corrected chi connectivity index (χ0v) is 14.8. The number of benzene rings is 1. The second kappa shape index (κ2) is 7.71. The van der Waals surface area contributed by atoms with Crippen molar-refractivity contribution in [1.82, 2.24) is 9.78 Å². The zero-order valence-electron chi connectivity index (χ0n) is 14.8. The van der Waals surface area contributed by atoms with E-state index in [1.54, 1.807) is 0 Å². The summed E-state index contributed by atoms with van der Waals surface area (Å²) >= 11 is 0. The zero-order chi connectivity index (χ0) is 16.9. The molecule has 0 radical (unpaired) electrons. The Kier molecular flexibility index (Phi) is 5.41. The predicted molar refractivity (Wildman–Crippen MR) is 98.6 cm³/mol. The summed E-state index contributed by atoms with van der Waals surface area (Å²) < 4.78 is 1.89. The molecule has 5 heteroatoms. The third kappa shape index (κ3) is 3.56. The van der Waals surface area contributed by atoms with Crippen molar-refractivity contribution in [2.24, 2.45) is 0 Å². The maximum Gasteiger partial charge on any atom is 0.0646 e. The standard InChI is InChI=1S/C19H28N4O/c1-15-17(16(2)23(21-15)12-13-24)14-20-18-8-4-5-9-19(18)22-10-6-3-7-11-22/h4-5,8-9,20,24H,3,6-7,10-14H2,1-2H3. The summed E-state index contributed by atoms with van der Waals surface area (Å²) in [5.74, 6) is 0. The van der Waals surface area contributed by atoms with Crippen LogP contribution >= 0.6 is 0 Å². The molecule has 1 aliphatic rings. The number of hydrogen-bond donors (Lipinski definition) is 2. The highest BCUT2D eigenvalue weighted by atomic mass is 16.3. The van der Waals surface area contributed by atoms with Gasteiger partial charge in [-0.2, -0.15) is 5.10 Å². The Morgan fingerprint density at radius 2 is 1.88 bits per heavy atom. The van der Waals surface area contributed by atoms with E-state index in [4.69, 9.17) is 5.11 Å². The molecule has 2 N–H and O–H groups in total. The van der Waals surface area contributed by atoms with Crippen molar-refractivity contribution in [2.45, 2.75) is 46.2 Å². The van der Waals surface area contributed by atoms with Crippen LogP contribution in [0.5, 0.6) is 0 Å². The number of aliphatic hydroxyl groups is 1. The second-order valence-electron chi connectivity index (χ2n) is 6.51. The molecule has 0 bridgehead atoms. The number of nitrogens with one attached hydrogen (secondary N) is 1. The van der Waals surface area contributed by atoms with Crippen LogP contribution in [-0.2, 0) is 13.1 Å². The number of aromatic nitrogens is 2. The summed E-state index contributed by atoms with van der Waals surface area (Å²) in [6, 6.07) is 8.57. The first kappa shape index (κ1) is 16.8. The summed E-state index contributed by atoms with van der Waals surface area (Å²) in [4.78, 5) is 2.49. The first-order chi connectivity index (χ1) is 11.7. The Bertz CT molecular complexity index is 674. The van der Waals surface area contributed by atoms with Crippen molar-refractivity contribution < 1.29 is 5.11 Å². The average molecular weight is 328 g/mol. The van der Waals surface area contributed by atoms with E-state index in [1.165, 1.54) is 36.2 Å². The van der Waals surface area contributed by atoms with Crippen molar-refractivity contribution in [1.29, 1.82) is 0 Å². The summed E-state index contributed by atoms with van der Waals surface area (Å²) in [6.45, 7) is 7.83. The van der Waals surface area contributed by atoms with Gasteiger partial charge in [-0.1, -0.05) is 12.1 Å². The summed E-state index contributed by atoms with van der Waals surface area (Å²) in [5, 5.41) is 17.3. The molecule has 0 aliphatic carbocycles. The van der Waals surface area contributed by atoms with Gasteiger partial charge in [-0.25, -0.2) is 0 Å². The minimum Gasteiger partial charge on any atom is -0.394 e. The molecule has 24 heavy (non-hydrogen) atoms. The van der Waals surface area contributed by atoms with Crippen molar-refractivity contribution in [3.8, 4) is 0 Å². The Morgan fingerprint density at radius 3 is 2.62 bits per heavy atom. The van der Waals surface area contributed by atoms with E-state index in [0.717, 1.165) is 31.0 Å². The lowest BCUT2D eigenvalue weighted by molar-refractivity contribution is 0.268. The van der Waals surface area contributed by atoms with Gasteiger partial charge < -0.3 is 15.3 Å². The lowest BCUT2D eigenvalue weighted by atomic mass is 10.1. The molecule has 0 amide bonds. The van der Waals surface area contributed by atoms with E-state index in [1.807, 2.05) is 11.6 Å². The van der Waals surface area contributed by atoms with E-state index < -0.39 is 0 Å². The smallest absolute Gasteiger partial charge is 0.0646 e. The molecule has 1 aliphatic heterocycles. The SMILES string of the molecule is Cc1nn(CCO)c(C)c1CNc1ccccc1N1CCCCC1. The minimum atomic E-state index is 0.118. The largest absolute Gasteiger partial charge is 0.394 e. The van der Waals surface area contributed by atoms with Crippen LogP contribution in [0.3, 0.4) is 0 Å². The Hall–Kier alpha value is -2.01. The van der Waals surface area contributed by atoms with Crippen LogP contribution in [-0.4, -0.2) is 34.6 Å². The normalized spacial score (nSPS) is 14.9. The molecule has 0 saturated carbocycles. The predicted octanol–water partition coefficient (Wildman–Crippen LogP) is 3.09. The third-order valence-corrected chi connectivity index (χ3v) is 4.90.